The summed E-state index contributed by atoms with van der Waals surface area (Å²) in [6.07, 6.45) is 28.0. The molecular weight excluding hydrogens is 388 g/mol. The molecule has 0 unspecified atom stereocenters. The fraction of sp³-hybridized carbons (Fsp3) is 0.800. The second-order valence-corrected chi connectivity index (χ2v) is 9.95. The first-order chi connectivity index (χ1) is 15.8. The monoisotopic (exact) mass is 444 g/mol. The summed E-state index contributed by atoms with van der Waals surface area (Å²) in [5, 5.41) is 0. The van der Waals surface area contributed by atoms with Crippen LogP contribution in [0.5, 0.6) is 0 Å². The molecule has 2 N–H and O–H groups in total. The summed E-state index contributed by atoms with van der Waals surface area (Å²) in [6, 6.07) is 8.51. The second kappa shape index (κ2) is 21.7. The number of nitrogens with two attached hydrogens (primary N) is 1. The molecule has 0 fully saturated rings. The molecule has 0 aliphatic rings. The van der Waals surface area contributed by atoms with Gasteiger partial charge in [0.1, 0.15) is 0 Å². The highest BCUT2D eigenvalue weighted by Crippen LogP contribution is 2.20. The quantitative estimate of drug-likeness (QED) is 0.134. The van der Waals surface area contributed by atoms with Crippen molar-refractivity contribution in [2.24, 2.45) is 0 Å². The third-order valence-corrected chi connectivity index (χ3v) is 6.80. The molecule has 0 amide bonds. The number of benzene rings is 1. The Kier molecular flexibility index (Phi) is 19.5. The first-order valence-corrected chi connectivity index (χ1v) is 14.4. The molecule has 0 spiro atoms. The third-order valence-electron chi connectivity index (χ3n) is 6.80. The Labute approximate surface area is 201 Å². The third kappa shape index (κ3) is 16.5. The number of nitrogen functional groups attached to an aromatic ring is 1. The average Bonchev–Trinajstić information content (AvgIpc) is 2.80. The SMILES string of the molecule is CCCCCCCCCCCCN(CCCCCCCCCCCC)c1cccc(N)c1. The molecule has 1 aromatic carbocycles. The molecular formula is C30H56N2. The highest BCUT2D eigenvalue weighted by Gasteiger charge is 2.07. The molecule has 186 valence electrons. The lowest BCUT2D eigenvalue weighted by Crippen LogP contribution is -2.25. The van der Waals surface area contributed by atoms with E-state index in [2.05, 4.69) is 36.9 Å². The van der Waals surface area contributed by atoms with Gasteiger partial charge in [0.05, 0.1) is 0 Å². The smallest absolute Gasteiger partial charge is 0.0386 e. The van der Waals surface area contributed by atoms with Gasteiger partial charge in [0, 0.05) is 24.5 Å². The maximum Gasteiger partial charge on any atom is 0.0386 e. The van der Waals surface area contributed by atoms with E-state index < -0.39 is 0 Å². The van der Waals surface area contributed by atoms with Crippen LogP contribution in [-0.2, 0) is 0 Å². The summed E-state index contributed by atoms with van der Waals surface area (Å²) in [5.41, 5.74) is 8.28. The summed E-state index contributed by atoms with van der Waals surface area (Å²) in [6.45, 7) is 6.95. The van der Waals surface area contributed by atoms with Crippen LogP contribution >= 0.6 is 0 Å². The van der Waals surface area contributed by atoms with E-state index >= 15 is 0 Å². The number of hydrogen-bond acceptors (Lipinski definition) is 2. The molecule has 2 nitrogen and oxygen atoms in total. The Morgan fingerprint density at radius 2 is 0.906 bits per heavy atom. The standard InChI is InChI=1S/C30H56N2/c1-3-5-7-9-11-13-15-17-19-21-26-32(30-25-23-24-29(31)28-30)27-22-20-18-16-14-12-10-8-6-4-2/h23-25,28H,3-22,26-27,31H2,1-2H3. The van der Waals surface area contributed by atoms with Crippen LogP contribution in [0.3, 0.4) is 0 Å². The zero-order valence-electron chi connectivity index (χ0n) is 21.9. The number of nitrogens with zero attached hydrogens (tertiary/aromatic N) is 1. The van der Waals surface area contributed by atoms with Gasteiger partial charge in [-0.1, -0.05) is 135 Å². The molecule has 0 aliphatic carbocycles. The topological polar surface area (TPSA) is 29.3 Å². The summed E-state index contributed by atoms with van der Waals surface area (Å²) in [5.74, 6) is 0. The summed E-state index contributed by atoms with van der Waals surface area (Å²) in [4.78, 5) is 2.59. The fourth-order valence-corrected chi connectivity index (χ4v) is 4.67. The van der Waals surface area contributed by atoms with Crippen LogP contribution in [0, 0.1) is 0 Å². The van der Waals surface area contributed by atoms with Crippen molar-refractivity contribution >= 4 is 11.4 Å². The Balaban J connectivity index is 2.17. The lowest BCUT2D eigenvalue weighted by Gasteiger charge is -2.25. The summed E-state index contributed by atoms with van der Waals surface area (Å²) >= 11 is 0. The predicted octanol–water partition coefficient (Wildman–Crippen LogP) is 9.92. The molecule has 32 heavy (non-hydrogen) atoms. The number of anilines is 2. The van der Waals surface area contributed by atoms with Crippen molar-refractivity contribution in [1.29, 1.82) is 0 Å². The number of rotatable bonds is 23. The van der Waals surface area contributed by atoms with Gasteiger partial charge in [0.2, 0.25) is 0 Å². The Morgan fingerprint density at radius 1 is 0.531 bits per heavy atom. The predicted molar refractivity (Wildman–Crippen MR) is 147 cm³/mol. The van der Waals surface area contributed by atoms with Gasteiger partial charge in [-0.15, -0.1) is 0 Å². The summed E-state index contributed by atoms with van der Waals surface area (Å²) < 4.78 is 0. The van der Waals surface area contributed by atoms with E-state index in [1.165, 1.54) is 147 Å². The molecule has 0 heterocycles. The van der Waals surface area contributed by atoms with Crippen LogP contribution in [0.4, 0.5) is 11.4 Å². The van der Waals surface area contributed by atoms with Crippen LogP contribution < -0.4 is 10.6 Å². The molecule has 0 radical (unpaired) electrons. The Hall–Kier alpha value is -1.18. The van der Waals surface area contributed by atoms with Gasteiger partial charge in [0.25, 0.3) is 0 Å². The fourth-order valence-electron chi connectivity index (χ4n) is 4.67. The van der Waals surface area contributed by atoms with E-state index in [1.807, 2.05) is 6.07 Å². The minimum Gasteiger partial charge on any atom is -0.399 e. The maximum absolute atomic E-state index is 6.08. The van der Waals surface area contributed by atoms with Gasteiger partial charge < -0.3 is 10.6 Å². The molecule has 0 saturated carbocycles. The first-order valence-electron chi connectivity index (χ1n) is 14.4. The lowest BCUT2D eigenvalue weighted by molar-refractivity contribution is 0.543. The molecule has 0 aliphatic heterocycles. The van der Waals surface area contributed by atoms with Crippen molar-refractivity contribution in [2.75, 3.05) is 23.7 Å². The zero-order valence-corrected chi connectivity index (χ0v) is 21.9. The molecule has 0 atom stereocenters. The molecule has 0 bridgehead atoms. The van der Waals surface area contributed by atoms with E-state index in [1.54, 1.807) is 0 Å². The van der Waals surface area contributed by atoms with Gasteiger partial charge in [-0.25, -0.2) is 0 Å². The van der Waals surface area contributed by atoms with Crippen molar-refractivity contribution in [3.63, 3.8) is 0 Å². The summed E-state index contributed by atoms with van der Waals surface area (Å²) in [7, 11) is 0. The minimum atomic E-state index is 0.888. The van der Waals surface area contributed by atoms with Crippen LogP contribution in [0.1, 0.15) is 142 Å². The Bertz CT molecular complexity index is 489. The van der Waals surface area contributed by atoms with E-state index in [9.17, 15) is 0 Å². The van der Waals surface area contributed by atoms with Gasteiger partial charge in [-0.05, 0) is 31.0 Å². The molecule has 0 aromatic heterocycles. The lowest BCUT2D eigenvalue weighted by atomic mass is 10.1. The van der Waals surface area contributed by atoms with Crippen LogP contribution in [-0.4, -0.2) is 13.1 Å². The molecule has 1 aromatic rings. The van der Waals surface area contributed by atoms with E-state index in [-0.39, 0.29) is 0 Å². The van der Waals surface area contributed by atoms with Crippen molar-refractivity contribution in [3.8, 4) is 0 Å². The van der Waals surface area contributed by atoms with Gasteiger partial charge in [0.15, 0.2) is 0 Å². The van der Waals surface area contributed by atoms with Crippen molar-refractivity contribution in [2.45, 2.75) is 142 Å². The molecule has 0 saturated heterocycles. The first kappa shape index (κ1) is 28.9. The normalized spacial score (nSPS) is 11.2. The van der Waals surface area contributed by atoms with Crippen LogP contribution in [0.25, 0.3) is 0 Å². The van der Waals surface area contributed by atoms with Gasteiger partial charge >= 0.3 is 0 Å². The maximum atomic E-state index is 6.08. The highest BCUT2D eigenvalue weighted by molar-refractivity contribution is 5.55. The average molecular weight is 445 g/mol. The Morgan fingerprint density at radius 3 is 1.28 bits per heavy atom. The van der Waals surface area contributed by atoms with Crippen molar-refractivity contribution < 1.29 is 0 Å². The van der Waals surface area contributed by atoms with Crippen LogP contribution in [0.15, 0.2) is 24.3 Å². The minimum absolute atomic E-state index is 0.888. The highest BCUT2D eigenvalue weighted by atomic mass is 15.1. The van der Waals surface area contributed by atoms with Crippen LogP contribution in [0.2, 0.25) is 0 Å². The van der Waals surface area contributed by atoms with Crippen molar-refractivity contribution in [1.82, 2.24) is 0 Å². The number of unbranched alkanes of at least 4 members (excludes halogenated alkanes) is 18. The van der Waals surface area contributed by atoms with Crippen molar-refractivity contribution in [3.05, 3.63) is 24.3 Å². The largest absolute Gasteiger partial charge is 0.399 e. The van der Waals surface area contributed by atoms with Gasteiger partial charge in [-0.2, -0.15) is 0 Å². The number of hydrogen-bond donors (Lipinski definition) is 1. The second-order valence-electron chi connectivity index (χ2n) is 9.95. The van der Waals surface area contributed by atoms with E-state index in [0.717, 1.165) is 5.69 Å². The molecule has 2 heteroatoms. The zero-order chi connectivity index (χ0) is 23.1. The molecule has 1 rings (SSSR count). The van der Waals surface area contributed by atoms with E-state index in [4.69, 9.17) is 5.73 Å². The van der Waals surface area contributed by atoms with E-state index in [0.29, 0.717) is 0 Å². The van der Waals surface area contributed by atoms with Gasteiger partial charge in [-0.3, -0.25) is 0 Å².